The number of rotatable bonds is 4. The summed E-state index contributed by atoms with van der Waals surface area (Å²) in [6.45, 7) is 5.80. The number of ether oxygens (including phenoxy) is 2. The Kier molecular flexibility index (Phi) is 4.45. The monoisotopic (exact) mass is 449 g/mol. The number of alkyl halides is 3. The molecule has 7 nitrogen and oxygen atoms in total. The number of carbonyl (C=O) groups is 1. The molecular formula is C22H22F3N3O4. The van der Waals surface area contributed by atoms with Crippen molar-refractivity contribution in [2.75, 3.05) is 11.5 Å². The van der Waals surface area contributed by atoms with Gasteiger partial charge in [-0.05, 0) is 45.0 Å². The molecule has 3 fully saturated rings. The van der Waals surface area contributed by atoms with Crippen molar-refractivity contribution in [3.05, 3.63) is 41.1 Å². The molecule has 1 aromatic carbocycles. The van der Waals surface area contributed by atoms with Crippen molar-refractivity contribution in [3.8, 4) is 6.07 Å². The SMILES string of the molecule is CC(C)ONC1=C[C@@]23CCO[C@H]4[C@@H]2[C@H](C(=O)N4c2ccc(C#N)c(C(F)(F)F)c2)[C@]1(C)O3. The van der Waals surface area contributed by atoms with E-state index in [0.29, 0.717) is 12.1 Å². The van der Waals surface area contributed by atoms with Crippen molar-refractivity contribution < 1.29 is 32.3 Å². The van der Waals surface area contributed by atoms with Gasteiger partial charge in [0.2, 0.25) is 5.91 Å². The van der Waals surface area contributed by atoms with Crippen LogP contribution in [0.25, 0.3) is 0 Å². The molecule has 10 heteroatoms. The molecule has 2 bridgehead atoms. The van der Waals surface area contributed by atoms with E-state index in [-0.39, 0.29) is 30.2 Å². The highest BCUT2D eigenvalue weighted by molar-refractivity contribution is 6.00. The van der Waals surface area contributed by atoms with Crippen LogP contribution in [0.4, 0.5) is 18.9 Å². The Balaban J connectivity index is 1.56. The number of amides is 1. The fraction of sp³-hybridized carbons (Fsp3) is 0.545. The van der Waals surface area contributed by atoms with Gasteiger partial charge in [0.15, 0.2) is 0 Å². The van der Waals surface area contributed by atoms with Crippen LogP contribution in [0.2, 0.25) is 0 Å². The summed E-state index contributed by atoms with van der Waals surface area (Å²) in [6.07, 6.45) is -3.14. The molecular weight excluding hydrogens is 427 g/mol. The summed E-state index contributed by atoms with van der Waals surface area (Å²) in [7, 11) is 0. The maximum atomic E-state index is 13.6. The molecule has 4 heterocycles. The third-order valence-corrected chi connectivity index (χ3v) is 6.80. The first-order valence-corrected chi connectivity index (χ1v) is 10.4. The van der Waals surface area contributed by atoms with Gasteiger partial charge in [0.05, 0.1) is 53.0 Å². The highest BCUT2D eigenvalue weighted by Crippen LogP contribution is 2.64. The smallest absolute Gasteiger partial charge is 0.357 e. The van der Waals surface area contributed by atoms with Gasteiger partial charge in [0, 0.05) is 12.1 Å². The lowest BCUT2D eigenvalue weighted by Crippen LogP contribution is -2.50. The summed E-state index contributed by atoms with van der Waals surface area (Å²) in [4.78, 5) is 20.5. The van der Waals surface area contributed by atoms with Crippen LogP contribution in [0, 0.1) is 23.2 Å². The average molecular weight is 449 g/mol. The second-order valence-corrected chi connectivity index (χ2v) is 9.05. The van der Waals surface area contributed by atoms with Gasteiger partial charge in [-0.1, -0.05) is 0 Å². The quantitative estimate of drug-likeness (QED) is 0.711. The molecule has 1 aromatic rings. The zero-order valence-corrected chi connectivity index (χ0v) is 17.7. The van der Waals surface area contributed by atoms with E-state index in [1.165, 1.54) is 11.0 Å². The largest absolute Gasteiger partial charge is 0.417 e. The van der Waals surface area contributed by atoms with Crippen LogP contribution in [-0.4, -0.2) is 36.0 Å². The number of hydrogen-bond acceptors (Lipinski definition) is 6. The zero-order valence-electron chi connectivity index (χ0n) is 17.7. The fourth-order valence-electron chi connectivity index (χ4n) is 5.53. The maximum Gasteiger partial charge on any atom is 0.417 e. The molecule has 4 aliphatic rings. The van der Waals surface area contributed by atoms with Crippen molar-refractivity contribution in [2.24, 2.45) is 11.8 Å². The van der Waals surface area contributed by atoms with Gasteiger partial charge < -0.3 is 9.47 Å². The fourth-order valence-corrected chi connectivity index (χ4v) is 5.53. The van der Waals surface area contributed by atoms with Gasteiger partial charge in [-0.3, -0.25) is 20.0 Å². The number of hydroxylamine groups is 1. The van der Waals surface area contributed by atoms with E-state index in [9.17, 15) is 18.0 Å². The Bertz CT molecular complexity index is 1070. The lowest BCUT2D eigenvalue weighted by Gasteiger charge is -2.40. The predicted octanol–water partition coefficient (Wildman–Crippen LogP) is 3.26. The van der Waals surface area contributed by atoms with Crippen molar-refractivity contribution in [3.63, 3.8) is 0 Å². The van der Waals surface area contributed by atoms with Gasteiger partial charge in [-0.2, -0.15) is 18.4 Å². The molecule has 0 unspecified atom stereocenters. The summed E-state index contributed by atoms with van der Waals surface area (Å²) in [5.74, 6) is -1.40. The Morgan fingerprint density at radius 2 is 2.12 bits per heavy atom. The number of anilines is 1. The Morgan fingerprint density at radius 3 is 2.78 bits per heavy atom. The molecule has 5 rings (SSSR count). The highest BCUT2D eigenvalue weighted by atomic mass is 19.4. The summed E-state index contributed by atoms with van der Waals surface area (Å²) >= 11 is 0. The normalized spacial score (nSPS) is 35.2. The number of nitriles is 1. The molecule has 0 saturated carbocycles. The number of halogens is 3. The summed E-state index contributed by atoms with van der Waals surface area (Å²) < 4.78 is 53.0. The third-order valence-electron chi connectivity index (χ3n) is 6.80. The first kappa shape index (κ1) is 21.2. The molecule has 0 aromatic heterocycles. The van der Waals surface area contributed by atoms with Crippen LogP contribution in [0.15, 0.2) is 30.0 Å². The maximum absolute atomic E-state index is 13.6. The summed E-state index contributed by atoms with van der Waals surface area (Å²) in [6, 6.07) is 4.86. The Hall–Kier alpha value is -2.61. The number of nitrogens with one attached hydrogen (secondary N) is 1. The van der Waals surface area contributed by atoms with Gasteiger partial charge in [0.25, 0.3) is 0 Å². The van der Waals surface area contributed by atoms with Gasteiger partial charge >= 0.3 is 6.18 Å². The molecule has 1 amide bonds. The molecule has 5 atom stereocenters. The second-order valence-electron chi connectivity index (χ2n) is 9.05. The number of benzene rings is 1. The first-order chi connectivity index (χ1) is 15.0. The average Bonchev–Trinajstić information content (AvgIpc) is 3.29. The number of hydrogen-bond donors (Lipinski definition) is 1. The van der Waals surface area contributed by atoms with E-state index >= 15 is 0 Å². The molecule has 1 N–H and O–H groups in total. The Morgan fingerprint density at radius 1 is 1.38 bits per heavy atom. The molecule has 0 aliphatic carbocycles. The van der Waals surface area contributed by atoms with E-state index in [2.05, 4.69) is 5.48 Å². The summed E-state index contributed by atoms with van der Waals surface area (Å²) in [5.41, 5.74) is 0.248. The first-order valence-electron chi connectivity index (χ1n) is 10.4. The molecule has 170 valence electrons. The lowest BCUT2D eigenvalue weighted by molar-refractivity contribution is -0.139. The zero-order chi connectivity index (χ0) is 23.1. The van der Waals surface area contributed by atoms with Crippen LogP contribution < -0.4 is 10.4 Å². The second kappa shape index (κ2) is 6.70. The minimum Gasteiger partial charge on any atom is -0.357 e. The van der Waals surface area contributed by atoms with E-state index in [1.807, 2.05) is 19.9 Å². The number of nitrogens with zero attached hydrogens (tertiary/aromatic N) is 2. The topological polar surface area (TPSA) is 83.8 Å². The van der Waals surface area contributed by atoms with E-state index in [0.717, 1.165) is 12.1 Å². The number of fused-ring (bicyclic) bond motifs is 2. The van der Waals surface area contributed by atoms with E-state index in [1.54, 1.807) is 13.0 Å². The molecule has 1 spiro atoms. The van der Waals surface area contributed by atoms with Crippen LogP contribution in [-0.2, 0) is 25.3 Å². The minimum absolute atomic E-state index is 0.0497. The van der Waals surface area contributed by atoms with Crippen LogP contribution >= 0.6 is 0 Å². The van der Waals surface area contributed by atoms with Gasteiger partial charge in [-0.25, -0.2) is 0 Å². The van der Waals surface area contributed by atoms with Gasteiger partial charge in [-0.15, -0.1) is 0 Å². The predicted molar refractivity (Wildman–Crippen MR) is 105 cm³/mol. The lowest BCUT2D eigenvalue weighted by atomic mass is 9.69. The van der Waals surface area contributed by atoms with Crippen LogP contribution in [0.1, 0.15) is 38.3 Å². The number of carbonyl (C=O) groups excluding carboxylic acids is 1. The van der Waals surface area contributed by atoms with Crippen molar-refractivity contribution in [1.82, 2.24) is 5.48 Å². The van der Waals surface area contributed by atoms with E-state index < -0.39 is 40.7 Å². The van der Waals surface area contributed by atoms with Crippen LogP contribution in [0.3, 0.4) is 0 Å². The minimum atomic E-state index is -4.73. The third kappa shape index (κ3) is 2.74. The molecule has 32 heavy (non-hydrogen) atoms. The molecule has 3 saturated heterocycles. The molecule has 0 radical (unpaired) electrons. The van der Waals surface area contributed by atoms with Gasteiger partial charge in [0.1, 0.15) is 11.8 Å². The van der Waals surface area contributed by atoms with E-state index in [4.69, 9.17) is 19.6 Å². The highest BCUT2D eigenvalue weighted by Gasteiger charge is 2.75. The van der Waals surface area contributed by atoms with Crippen LogP contribution in [0.5, 0.6) is 0 Å². The van der Waals surface area contributed by atoms with Crippen molar-refractivity contribution in [1.29, 1.82) is 5.26 Å². The Labute approximate surface area is 182 Å². The standard InChI is InChI=1S/C22H22F3N3O4/c1-11(2)31-27-15-9-21-6-7-30-19-17(21)16(20(15,3)32-21)18(29)28(19)13-5-4-12(10-26)14(8-13)22(23,24)25/h4-5,8-9,11,16-17,19,27H,6-7H2,1-3H3/t16-,17+,19+,20-,21+/m1/s1. The van der Waals surface area contributed by atoms with Crippen molar-refractivity contribution >= 4 is 11.6 Å². The van der Waals surface area contributed by atoms with Crippen molar-refractivity contribution in [2.45, 2.75) is 56.9 Å². The summed E-state index contributed by atoms with van der Waals surface area (Å²) in [5, 5.41) is 9.10. The molecule has 4 aliphatic heterocycles.